The zero-order chi connectivity index (χ0) is 13.2. The molecule has 1 aliphatic carbocycles. The van der Waals surface area contributed by atoms with Crippen molar-refractivity contribution in [2.24, 2.45) is 0 Å². The van der Waals surface area contributed by atoms with E-state index in [9.17, 15) is 9.59 Å². The van der Waals surface area contributed by atoms with Gasteiger partial charge in [-0.1, -0.05) is 0 Å². The average molecular weight is 247 g/mol. The molecule has 5 heteroatoms. The maximum Gasteiger partial charge on any atom is 0.251 e. The van der Waals surface area contributed by atoms with E-state index in [0.29, 0.717) is 11.3 Å². The van der Waals surface area contributed by atoms with E-state index < -0.39 is 0 Å². The number of hydrogen-bond donors (Lipinski definition) is 3. The topological polar surface area (TPSA) is 84.2 Å². The van der Waals surface area contributed by atoms with Gasteiger partial charge in [-0.25, -0.2) is 0 Å². The van der Waals surface area contributed by atoms with Gasteiger partial charge in [-0.3, -0.25) is 9.59 Å². The van der Waals surface area contributed by atoms with Gasteiger partial charge in [0.25, 0.3) is 5.91 Å². The van der Waals surface area contributed by atoms with Crippen LogP contribution >= 0.6 is 0 Å². The summed E-state index contributed by atoms with van der Waals surface area (Å²) in [6.07, 6.45) is 2.01. The number of anilines is 1. The molecule has 1 fully saturated rings. The number of rotatable bonds is 4. The van der Waals surface area contributed by atoms with E-state index in [4.69, 9.17) is 5.73 Å². The molecule has 4 N–H and O–H groups in total. The highest BCUT2D eigenvalue weighted by Crippen LogP contribution is 2.33. The van der Waals surface area contributed by atoms with Crippen molar-refractivity contribution < 1.29 is 9.59 Å². The van der Waals surface area contributed by atoms with E-state index in [2.05, 4.69) is 10.6 Å². The third-order valence-electron chi connectivity index (χ3n) is 3.02. The normalized spacial score (nSPS) is 15.8. The van der Waals surface area contributed by atoms with Gasteiger partial charge in [0.1, 0.15) is 0 Å². The summed E-state index contributed by atoms with van der Waals surface area (Å²) in [6.45, 7) is 1.99. The van der Waals surface area contributed by atoms with Crippen LogP contribution in [0.25, 0.3) is 0 Å². The van der Waals surface area contributed by atoms with Crippen molar-refractivity contribution in [1.82, 2.24) is 10.6 Å². The molecule has 0 bridgehead atoms. The molecular weight excluding hydrogens is 230 g/mol. The minimum absolute atomic E-state index is 0.00119. The molecule has 0 radical (unpaired) electrons. The van der Waals surface area contributed by atoms with Crippen molar-refractivity contribution in [2.75, 3.05) is 12.3 Å². The van der Waals surface area contributed by atoms with Crippen LogP contribution in [0.2, 0.25) is 0 Å². The van der Waals surface area contributed by atoms with Crippen molar-refractivity contribution in [2.45, 2.75) is 25.3 Å². The monoisotopic (exact) mass is 247 g/mol. The van der Waals surface area contributed by atoms with E-state index in [1.54, 1.807) is 24.3 Å². The molecule has 1 aliphatic rings. The predicted molar refractivity (Wildman–Crippen MR) is 69.0 cm³/mol. The summed E-state index contributed by atoms with van der Waals surface area (Å²) in [5, 5.41) is 5.45. The van der Waals surface area contributed by atoms with Gasteiger partial charge in [0.15, 0.2) is 0 Å². The SMILES string of the molecule is CC1(NC(=O)CNC(=O)c2ccc(N)cc2)CC1. The highest BCUT2D eigenvalue weighted by Gasteiger charge is 2.38. The lowest BCUT2D eigenvalue weighted by Crippen LogP contribution is -2.41. The average Bonchev–Trinajstić information content (AvgIpc) is 3.04. The summed E-state index contributed by atoms with van der Waals surface area (Å²) in [5.74, 6) is -0.426. The van der Waals surface area contributed by atoms with E-state index in [1.165, 1.54) is 0 Å². The van der Waals surface area contributed by atoms with Gasteiger partial charge in [-0.15, -0.1) is 0 Å². The first kappa shape index (κ1) is 12.4. The largest absolute Gasteiger partial charge is 0.399 e. The number of benzene rings is 1. The van der Waals surface area contributed by atoms with Gasteiger partial charge in [0.05, 0.1) is 6.54 Å². The number of nitrogens with two attached hydrogens (primary N) is 1. The van der Waals surface area contributed by atoms with Crippen LogP contribution in [0.15, 0.2) is 24.3 Å². The molecule has 0 aromatic heterocycles. The molecule has 0 saturated heterocycles. The Balaban J connectivity index is 1.80. The molecule has 0 heterocycles. The molecular formula is C13H17N3O2. The Morgan fingerprint density at radius 3 is 2.44 bits per heavy atom. The summed E-state index contributed by atoms with van der Waals surface area (Å²) in [6, 6.07) is 6.57. The molecule has 1 aromatic carbocycles. The lowest BCUT2D eigenvalue weighted by Gasteiger charge is -2.11. The van der Waals surface area contributed by atoms with Crippen molar-refractivity contribution in [3.63, 3.8) is 0 Å². The van der Waals surface area contributed by atoms with Crippen molar-refractivity contribution in [3.8, 4) is 0 Å². The minimum Gasteiger partial charge on any atom is -0.399 e. The molecule has 2 rings (SSSR count). The number of carbonyl (C=O) groups excluding carboxylic acids is 2. The molecule has 0 unspecified atom stereocenters. The fourth-order valence-electron chi connectivity index (χ4n) is 1.59. The van der Waals surface area contributed by atoms with Gasteiger partial charge < -0.3 is 16.4 Å². The second-order valence-electron chi connectivity index (χ2n) is 4.91. The third kappa shape index (κ3) is 3.23. The number of amides is 2. The zero-order valence-corrected chi connectivity index (χ0v) is 10.3. The number of carbonyl (C=O) groups is 2. The van der Waals surface area contributed by atoms with Gasteiger partial charge >= 0.3 is 0 Å². The first-order valence-corrected chi connectivity index (χ1v) is 5.93. The van der Waals surface area contributed by atoms with Crippen LogP contribution in [-0.4, -0.2) is 23.9 Å². The molecule has 2 amide bonds. The van der Waals surface area contributed by atoms with Crippen LogP contribution in [0.3, 0.4) is 0 Å². The fourth-order valence-corrected chi connectivity index (χ4v) is 1.59. The molecule has 1 saturated carbocycles. The van der Waals surface area contributed by atoms with Gasteiger partial charge in [-0.2, -0.15) is 0 Å². The molecule has 5 nitrogen and oxygen atoms in total. The maximum atomic E-state index is 11.7. The van der Waals surface area contributed by atoms with Crippen molar-refractivity contribution in [3.05, 3.63) is 29.8 Å². The smallest absolute Gasteiger partial charge is 0.251 e. The molecule has 96 valence electrons. The van der Waals surface area contributed by atoms with Crippen LogP contribution in [0.4, 0.5) is 5.69 Å². The minimum atomic E-state index is -0.272. The first-order chi connectivity index (χ1) is 8.48. The Bertz CT molecular complexity index is 464. The Hall–Kier alpha value is -2.04. The third-order valence-corrected chi connectivity index (χ3v) is 3.02. The number of nitrogen functional groups attached to an aromatic ring is 1. The van der Waals surface area contributed by atoms with E-state index in [1.807, 2.05) is 6.92 Å². The fraction of sp³-hybridized carbons (Fsp3) is 0.385. The van der Waals surface area contributed by atoms with Gasteiger partial charge in [-0.05, 0) is 44.0 Å². The van der Waals surface area contributed by atoms with Crippen LogP contribution in [-0.2, 0) is 4.79 Å². The zero-order valence-electron chi connectivity index (χ0n) is 10.3. The van der Waals surface area contributed by atoms with E-state index in [0.717, 1.165) is 12.8 Å². The molecule has 1 aromatic rings. The van der Waals surface area contributed by atoms with E-state index >= 15 is 0 Å². The van der Waals surface area contributed by atoms with Crippen LogP contribution in [0.1, 0.15) is 30.1 Å². The van der Waals surface area contributed by atoms with Gasteiger partial charge in [0.2, 0.25) is 5.91 Å². The Morgan fingerprint density at radius 1 is 1.28 bits per heavy atom. The standard InChI is InChI=1S/C13H17N3O2/c1-13(6-7-13)16-11(17)8-15-12(18)9-2-4-10(14)5-3-9/h2-5H,6-8,14H2,1H3,(H,15,18)(H,16,17). The summed E-state index contributed by atoms with van der Waals surface area (Å²) in [5.41, 5.74) is 6.57. The highest BCUT2D eigenvalue weighted by molar-refractivity contribution is 5.96. The Kier molecular flexibility index (Phi) is 3.23. The Labute approximate surface area is 106 Å². The van der Waals surface area contributed by atoms with Crippen LogP contribution in [0.5, 0.6) is 0 Å². The quantitative estimate of drug-likeness (QED) is 0.684. The van der Waals surface area contributed by atoms with Crippen LogP contribution < -0.4 is 16.4 Å². The summed E-state index contributed by atoms with van der Waals surface area (Å²) < 4.78 is 0. The number of hydrogen-bond acceptors (Lipinski definition) is 3. The second-order valence-corrected chi connectivity index (χ2v) is 4.91. The lowest BCUT2D eigenvalue weighted by molar-refractivity contribution is -0.120. The molecule has 0 aliphatic heterocycles. The van der Waals surface area contributed by atoms with Crippen LogP contribution in [0, 0.1) is 0 Å². The summed E-state index contributed by atoms with van der Waals surface area (Å²) >= 11 is 0. The second kappa shape index (κ2) is 4.68. The maximum absolute atomic E-state index is 11.7. The number of nitrogens with one attached hydrogen (secondary N) is 2. The summed E-state index contributed by atoms with van der Waals surface area (Å²) in [4.78, 5) is 23.3. The predicted octanol–water partition coefficient (Wildman–Crippen LogP) is 0.667. The molecule has 18 heavy (non-hydrogen) atoms. The first-order valence-electron chi connectivity index (χ1n) is 5.93. The van der Waals surface area contributed by atoms with Gasteiger partial charge in [0, 0.05) is 16.8 Å². The van der Waals surface area contributed by atoms with E-state index in [-0.39, 0.29) is 23.9 Å². The van der Waals surface area contributed by atoms with Crippen molar-refractivity contribution in [1.29, 1.82) is 0 Å². The van der Waals surface area contributed by atoms with Crippen molar-refractivity contribution >= 4 is 17.5 Å². The summed E-state index contributed by atoms with van der Waals surface area (Å²) in [7, 11) is 0. The lowest BCUT2D eigenvalue weighted by atomic mass is 10.2. The molecule has 0 atom stereocenters. The molecule has 0 spiro atoms. The Morgan fingerprint density at radius 2 is 1.89 bits per heavy atom. The highest BCUT2D eigenvalue weighted by atomic mass is 16.2.